The summed E-state index contributed by atoms with van der Waals surface area (Å²) in [5.74, 6) is 0.626. The van der Waals surface area contributed by atoms with E-state index in [2.05, 4.69) is 15.8 Å². The van der Waals surface area contributed by atoms with Gasteiger partial charge in [0.05, 0.1) is 0 Å². The third kappa shape index (κ3) is 4.48. The Hall–Kier alpha value is -1.30. The van der Waals surface area contributed by atoms with Crippen LogP contribution in [0.2, 0.25) is 0 Å². The molecule has 1 aliphatic carbocycles. The number of nitrogens with zero attached hydrogens (tertiary/aromatic N) is 1. The first-order valence-electron chi connectivity index (χ1n) is 5.61. The van der Waals surface area contributed by atoms with E-state index in [1.54, 1.807) is 0 Å². The van der Waals surface area contributed by atoms with Crippen LogP contribution < -0.4 is 16.4 Å². The van der Waals surface area contributed by atoms with Crippen LogP contribution in [0.25, 0.3) is 0 Å². The largest absolute Gasteiger partial charge is 0.409 e. The van der Waals surface area contributed by atoms with Crippen molar-refractivity contribution in [2.24, 2.45) is 22.7 Å². The maximum absolute atomic E-state index is 11.2. The van der Waals surface area contributed by atoms with Crippen molar-refractivity contribution in [3.05, 3.63) is 0 Å². The summed E-state index contributed by atoms with van der Waals surface area (Å²) in [6.45, 7) is 3.82. The van der Waals surface area contributed by atoms with E-state index in [0.717, 1.165) is 12.8 Å². The van der Waals surface area contributed by atoms with Gasteiger partial charge < -0.3 is 21.6 Å². The first kappa shape index (κ1) is 12.8. The fourth-order valence-electron chi connectivity index (χ4n) is 1.29. The van der Waals surface area contributed by atoms with Gasteiger partial charge in [-0.1, -0.05) is 12.1 Å². The van der Waals surface area contributed by atoms with Crippen LogP contribution >= 0.6 is 0 Å². The lowest BCUT2D eigenvalue weighted by molar-refractivity contribution is -0.122. The molecule has 0 spiro atoms. The minimum absolute atomic E-state index is 0.0101. The van der Waals surface area contributed by atoms with E-state index in [1.807, 2.05) is 6.92 Å². The van der Waals surface area contributed by atoms with E-state index in [1.165, 1.54) is 0 Å². The normalized spacial score (nSPS) is 18.2. The lowest BCUT2D eigenvalue weighted by Gasteiger charge is -2.11. The fourth-order valence-corrected chi connectivity index (χ4v) is 1.29. The van der Waals surface area contributed by atoms with Gasteiger partial charge in [0.2, 0.25) is 5.91 Å². The van der Waals surface area contributed by atoms with Crippen molar-refractivity contribution in [1.29, 1.82) is 0 Å². The minimum Gasteiger partial charge on any atom is -0.409 e. The van der Waals surface area contributed by atoms with E-state index in [-0.39, 0.29) is 23.6 Å². The molecule has 16 heavy (non-hydrogen) atoms. The number of nitrogens with two attached hydrogens (primary N) is 1. The zero-order valence-electron chi connectivity index (χ0n) is 9.57. The molecule has 0 saturated heterocycles. The summed E-state index contributed by atoms with van der Waals surface area (Å²) >= 11 is 0. The van der Waals surface area contributed by atoms with Crippen molar-refractivity contribution in [3.8, 4) is 0 Å². The highest BCUT2D eigenvalue weighted by molar-refractivity contribution is 5.82. The van der Waals surface area contributed by atoms with Gasteiger partial charge in [0.25, 0.3) is 0 Å². The molecule has 5 N–H and O–H groups in total. The second-order valence-electron chi connectivity index (χ2n) is 4.20. The summed E-state index contributed by atoms with van der Waals surface area (Å²) in [5, 5.41) is 17.3. The molecule has 1 saturated carbocycles. The number of amides is 1. The Balaban J connectivity index is 1.96. The third-order valence-corrected chi connectivity index (χ3v) is 2.62. The Morgan fingerprint density at radius 3 is 2.81 bits per heavy atom. The average Bonchev–Trinajstić information content (AvgIpc) is 3.10. The van der Waals surface area contributed by atoms with Crippen LogP contribution in [0.4, 0.5) is 0 Å². The lowest BCUT2D eigenvalue weighted by atomic mass is 10.1. The number of amidine groups is 1. The standard InChI is InChI=1S/C10H20N4O2/c1-7(9(11)14-16)6-12-4-5-13-10(15)8-2-3-8/h7-8,12,16H,2-6H2,1H3,(H2,11,14)(H,13,15). The van der Waals surface area contributed by atoms with E-state index in [9.17, 15) is 4.79 Å². The number of hydrogen-bond donors (Lipinski definition) is 4. The summed E-state index contributed by atoms with van der Waals surface area (Å²) in [6.07, 6.45) is 2.06. The van der Waals surface area contributed by atoms with Crippen LogP contribution in [0.5, 0.6) is 0 Å². The number of oxime groups is 1. The molecule has 0 aromatic heterocycles. The second kappa shape index (κ2) is 6.32. The Bertz CT molecular complexity index is 264. The van der Waals surface area contributed by atoms with E-state index >= 15 is 0 Å². The molecule has 92 valence electrons. The lowest BCUT2D eigenvalue weighted by Crippen LogP contribution is -2.36. The zero-order valence-corrected chi connectivity index (χ0v) is 9.57. The monoisotopic (exact) mass is 228 g/mol. The first-order chi connectivity index (χ1) is 7.65. The van der Waals surface area contributed by atoms with Crippen molar-refractivity contribution in [3.63, 3.8) is 0 Å². The molecule has 1 atom stereocenters. The Morgan fingerprint density at radius 1 is 1.56 bits per heavy atom. The maximum Gasteiger partial charge on any atom is 0.223 e. The van der Waals surface area contributed by atoms with Gasteiger partial charge in [-0.3, -0.25) is 4.79 Å². The molecule has 6 heteroatoms. The van der Waals surface area contributed by atoms with E-state index < -0.39 is 0 Å². The summed E-state index contributed by atoms with van der Waals surface area (Å²) < 4.78 is 0. The smallest absolute Gasteiger partial charge is 0.223 e. The van der Waals surface area contributed by atoms with Crippen LogP contribution in [0.1, 0.15) is 19.8 Å². The molecule has 1 amide bonds. The van der Waals surface area contributed by atoms with Gasteiger partial charge >= 0.3 is 0 Å². The Labute approximate surface area is 95.3 Å². The minimum atomic E-state index is -0.0101. The van der Waals surface area contributed by atoms with Crippen molar-refractivity contribution in [2.75, 3.05) is 19.6 Å². The summed E-state index contributed by atoms with van der Waals surface area (Å²) in [6, 6.07) is 0. The van der Waals surface area contributed by atoms with Gasteiger partial charge in [0, 0.05) is 31.5 Å². The summed E-state index contributed by atoms with van der Waals surface area (Å²) in [5.41, 5.74) is 5.42. The van der Waals surface area contributed by atoms with Gasteiger partial charge in [0.1, 0.15) is 5.84 Å². The molecule has 1 rings (SSSR count). The van der Waals surface area contributed by atoms with Crippen LogP contribution in [-0.4, -0.2) is 36.6 Å². The van der Waals surface area contributed by atoms with Gasteiger partial charge in [-0.25, -0.2) is 0 Å². The quantitative estimate of drug-likeness (QED) is 0.155. The number of carbonyl (C=O) groups is 1. The van der Waals surface area contributed by atoms with E-state index in [0.29, 0.717) is 19.6 Å². The van der Waals surface area contributed by atoms with Gasteiger partial charge in [-0.15, -0.1) is 0 Å². The SMILES string of the molecule is CC(CNCCNC(=O)C1CC1)C(N)=NO. The molecule has 0 radical (unpaired) electrons. The number of hydrogen-bond acceptors (Lipinski definition) is 4. The van der Waals surface area contributed by atoms with Crippen molar-refractivity contribution >= 4 is 11.7 Å². The second-order valence-corrected chi connectivity index (χ2v) is 4.20. The average molecular weight is 228 g/mol. The zero-order chi connectivity index (χ0) is 12.0. The van der Waals surface area contributed by atoms with Crippen molar-refractivity contribution in [1.82, 2.24) is 10.6 Å². The molecule has 1 aliphatic rings. The topological polar surface area (TPSA) is 99.7 Å². The molecule has 0 heterocycles. The van der Waals surface area contributed by atoms with Crippen molar-refractivity contribution in [2.45, 2.75) is 19.8 Å². The van der Waals surface area contributed by atoms with Gasteiger partial charge in [-0.05, 0) is 12.8 Å². The number of carbonyl (C=O) groups excluding carboxylic acids is 1. The van der Waals surface area contributed by atoms with Crippen molar-refractivity contribution < 1.29 is 10.0 Å². The summed E-state index contributed by atoms with van der Waals surface area (Å²) in [7, 11) is 0. The molecule has 6 nitrogen and oxygen atoms in total. The van der Waals surface area contributed by atoms with Crippen LogP contribution in [0.3, 0.4) is 0 Å². The molecule has 0 aliphatic heterocycles. The fraction of sp³-hybridized carbons (Fsp3) is 0.800. The highest BCUT2D eigenvalue weighted by atomic mass is 16.4. The van der Waals surface area contributed by atoms with E-state index in [4.69, 9.17) is 10.9 Å². The molecule has 0 aromatic rings. The Morgan fingerprint density at radius 2 is 2.25 bits per heavy atom. The molecular weight excluding hydrogens is 208 g/mol. The maximum atomic E-state index is 11.2. The molecule has 1 fully saturated rings. The van der Waals surface area contributed by atoms with Crippen LogP contribution in [0, 0.1) is 11.8 Å². The molecule has 0 aromatic carbocycles. The van der Waals surface area contributed by atoms with Crippen LogP contribution in [0.15, 0.2) is 5.16 Å². The van der Waals surface area contributed by atoms with Gasteiger partial charge in [-0.2, -0.15) is 0 Å². The Kier molecular flexibility index (Phi) is 5.04. The highest BCUT2D eigenvalue weighted by Crippen LogP contribution is 2.28. The number of rotatable bonds is 7. The predicted octanol–water partition coefficient (Wildman–Crippen LogP) is -0.515. The summed E-state index contributed by atoms with van der Waals surface area (Å²) in [4.78, 5) is 11.2. The highest BCUT2D eigenvalue weighted by Gasteiger charge is 2.28. The van der Waals surface area contributed by atoms with Crippen LogP contribution in [-0.2, 0) is 4.79 Å². The molecular formula is C10H20N4O2. The van der Waals surface area contributed by atoms with Gasteiger partial charge in [0.15, 0.2) is 0 Å². The number of nitrogens with one attached hydrogen (secondary N) is 2. The predicted molar refractivity (Wildman–Crippen MR) is 61.2 cm³/mol. The molecule has 0 bridgehead atoms. The first-order valence-corrected chi connectivity index (χ1v) is 5.61. The molecule has 1 unspecified atom stereocenters. The third-order valence-electron chi connectivity index (χ3n) is 2.62.